The maximum Gasteiger partial charge on any atom is 0.326 e. The Morgan fingerprint density at radius 3 is 2.71 bits per heavy atom. The third-order valence-corrected chi connectivity index (χ3v) is 3.59. The highest BCUT2D eigenvalue weighted by Gasteiger charge is 2.25. The van der Waals surface area contributed by atoms with Gasteiger partial charge >= 0.3 is 5.97 Å². The minimum atomic E-state index is -0.973. The Balaban J connectivity index is 2.55. The fourth-order valence-electron chi connectivity index (χ4n) is 1.48. The van der Waals surface area contributed by atoms with Crippen LogP contribution in [-0.2, 0) is 16.0 Å². The summed E-state index contributed by atoms with van der Waals surface area (Å²) in [5, 5.41) is 13.5. The molecule has 0 saturated carbocycles. The zero-order chi connectivity index (χ0) is 12.8. The van der Waals surface area contributed by atoms with Crippen LogP contribution >= 0.6 is 11.3 Å². The second kappa shape index (κ2) is 6.39. The Hall–Kier alpha value is -1.36. The average Bonchev–Trinajstić information content (AvgIpc) is 2.77. The van der Waals surface area contributed by atoms with Crippen molar-refractivity contribution in [2.75, 3.05) is 0 Å². The third-order valence-electron chi connectivity index (χ3n) is 2.71. The second-order valence-corrected chi connectivity index (χ2v) is 5.06. The number of hydrogen-bond donors (Lipinski definition) is 2. The van der Waals surface area contributed by atoms with Gasteiger partial charge in [0.2, 0.25) is 5.91 Å². The van der Waals surface area contributed by atoms with Crippen molar-refractivity contribution in [3.63, 3.8) is 0 Å². The highest BCUT2D eigenvalue weighted by atomic mass is 32.1. The molecule has 0 fully saturated rings. The lowest BCUT2D eigenvalue weighted by atomic mass is 9.99. The lowest BCUT2D eigenvalue weighted by Gasteiger charge is -2.19. The minimum absolute atomic E-state index is 0.0696. The Bertz CT molecular complexity index is 375. The van der Waals surface area contributed by atoms with E-state index in [0.29, 0.717) is 0 Å². The van der Waals surface area contributed by atoms with Crippen LogP contribution in [0.2, 0.25) is 0 Å². The molecule has 0 radical (unpaired) electrons. The summed E-state index contributed by atoms with van der Waals surface area (Å²) < 4.78 is 0. The van der Waals surface area contributed by atoms with E-state index in [2.05, 4.69) is 5.32 Å². The lowest BCUT2D eigenvalue weighted by Crippen LogP contribution is -2.45. The van der Waals surface area contributed by atoms with Gasteiger partial charge in [0, 0.05) is 4.88 Å². The molecule has 4 nitrogen and oxygen atoms in total. The molecule has 1 aromatic heterocycles. The highest BCUT2D eigenvalue weighted by Crippen LogP contribution is 2.11. The van der Waals surface area contributed by atoms with Gasteiger partial charge in [0.05, 0.1) is 6.42 Å². The molecular formula is C12H17NO3S. The smallest absolute Gasteiger partial charge is 0.326 e. The maximum absolute atomic E-state index is 11.7. The molecule has 94 valence electrons. The Kier molecular flexibility index (Phi) is 5.15. The van der Waals surface area contributed by atoms with Crippen molar-refractivity contribution < 1.29 is 14.7 Å². The van der Waals surface area contributed by atoms with E-state index >= 15 is 0 Å². The highest BCUT2D eigenvalue weighted by molar-refractivity contribution is 7.10. The van der Waals surface area contributed by atoms with Gasteiger partial charge in [-0.1, -0.05) is 26.3 Å². The number of hydrogen-bond acceptors (Lipinski definition) is 3. The van der Waals surface area contributed by atoms with E-state index < -0.39 is 12.0 Å². The summed E-state index contributed by atoms with van der Waals surface area (Å²) in [6.07, 6.45) is 0.966. The first-order valence-electron chi connectivity index (χ1n) is 5.59. The van der Waals surface area contributed by atoms with Gasteiger partial charge in [0.25, 0.3) is 0 Å². The number of carbonyl (C=O) groups excluding carboxylic acids is 1. The van der Waals surface area contributed by atoms with Gasteiger partial charge in [-0.25, -0.2) is 4.79 Å². The Morgan fingerprint density at radius 1 is 1.53 bits per heavy atom. The molecule has 2 atom stereocenters. The Morgan fingerprint density at radius 2 is 2.24 bits per heavy atom. The van der Waals surface area contributed by atoms with Crippen molar-refractivity contribution in [3.05, 3.63) is 22.4 Å². The van der Waals surface area contributed by atoms with Gasteiger partial charge in [-0.2, -0.15) is 0 Å². The van der Waals surface area contributed by atoms with Gasteiger partial charge in [0.1, 0.15) is 6.04 Å². The van der Waals surface area contributed by atoms with Crippen LogP contribution in [0.3, 0.4) is 0 Å². The molecule has 1 aromatic rings. The molecule has 17 heavy (non-hydrogen) atoms. The average molecular weight is 255 g/mol. The summed E-state index contributed by atoms with van der Waals surface area (Å²) in [6.45, 7) is 3.73. The van der Waals surface area contributed by atoms with Gasteiger partial charge in [0.15, 0.2) is 0 Å². The first-order valence-corrected chi connectivity index (χ1v) is 6.47. The molecule has 0 spiro atoms. The normalized spacial score (nSPS) is 14.0. The number of carboxylic acids is 1. The molecule has 0 aliphatic heterocycles. The first-order chi connectivity index (χ1) is 8.04. The molecule has 0 bridgehead atoms. The fourth-order valence-corrected chi connectivity index (χ4v) is 2.18. The summed E-state index contributed by atoms with van der Waals surface area (Å²) in [5.74, 6) is -1.28. The van der Waals surface area contributed by atoms with Crippen molar-refractivity contribution >= 4 is 23.2 Å². The monoisotopic (exact) mass is 255 g/mol. The predicted octanol–water partition coefficient (Wildman–Crippen LogP) is 1.91. The van der Waals surface area contributed by atoms with Gasteiger partial charge in [-0.3, -0.25) is 4.79 Å². The molecule has 5 heteroatoms. The molecule has 1 amide bonds. The van der Waals surface area contributed by atoms with E-state index in [0.717, 1.165) is 11.3 Å². The summed E-state index contributed by atoms with van der Waals surface area (Å²) in [4.78, 5) is 23.6. The van der Waals surface area contributed by atoms with Crippen LogP contribution < -0.4 is 5.32 Å². The van der Waals surface area contributed by atoms with Gasteiger partial charge in [-0.05, 0) is 17.4 Å². The van der Waals surface area contributed by atoms with Crippen molar-refractivity contribution in [2.45, 2.75) is 32.7 Å². The lowest BCUT2D eigenvalue weighted by molar-refractivity contribution is -0.143. The van der Waals surface area contributed by atoms with E-state index in [-0.39, 0.29) is 18.2 Å². The van der Waals surface area contributed by atoms with Gasteiger partial charge < -0.3 is 10.4 Å². The van der Waals surface area contributed by atoms with Crippen LogP contribution in [0.15, 0.2) is 17.5 Å². The van der Waals surface area contributed by atoms with Crippen LogP contribution in [0.5, 0.6) is 0 Å². The Labute approximate surface area is 105 Å². The van der Waals surface area contributed by atoms with E-state index in [1.54, 1.807) is 0 Å². The number of amides is 1. The second-order valence-electron chi connectivity index (χ2n) is 4.03. The first kappa shape index (κ1) is 13.7. The van der Waals surface area contributed by atoms with Crippen molar-refractivity contribution in [3.8, 4) is 0 Å². The molecular weight excluding hydrogens is 238 g/mol. The standard InChI is InChI=1S/C12H17NO3S/c1-3-8(2)11(12(15)16)13-10(14)7-9-5-4-6-17-9/h4-6,8,11H,3,7H2,1-2H3,(H,13,14)(H,15,16). The van der Waals surface area contributed by atoms with Crippen molar-refractivity contribution in [1.29, 1.82) is 0 Å². The quantitative estimate of drug-likeness (QED) is 0.816. The van der Waals surface area contributed by atoms with Crippen LogP contribution in [0.1, 0.15) is 25.1 Å². The summed E-state index contributed by atoms with van der Waals surface area (Å²) >= 11 is 1.49. The molecule has 2 unspecified atom stereocenters. The van der Waals surface area contributed by atoms with Crippen LogP contribution in [-0.4, -0.2) is 23.0 Å². The molecule has 2 N–H and O–H groups in total. The van der Waals surface area contributed by atoms with E-state index in [9.17, 15) is 9.59 Å². The fraction of sp³-hybridized carbons (Fsp3) is 0.500. The van der Waals surface area contributed by atoms with Crippen molar-refractivity contribution in [1.82, 2.24) is 5.32 Å². The largest absolute Gasteiger partial charge is 0.480 e. The number of nitrogens with one attached hydrogen (secondary N) is 1. The van der Waals surface area contributed by atoms with E-state index in [1.807, 2.05) is 31.4 Å². The maximum atomic E-state index is 11.7. The topological polar surface area (TPSA) is 66.4 Å². The molecule has 0 aliphatic carbocycles. The molecule has 0 aromatic carbocycles. The number of aliphatic carboxylic acids is 1. The van der Waals surface area contributed by atoms with E-state index in [1.165, 1.54) is 11.3 Å². The van der Waals surface area contributed by atoms with Crippen molar-refractivity contribution in [2.24, 2.45) is 5.92 Å². The zero-order valence-electron chi connectivity index (χ0n) is 9.97. The number of carboxylic acid groups (broad SMARTS) is 1. The number of carbonyl (C=O) groups is 2. The van der Waals surface area contributed by atoms with Crippen LogP contribution in [0, 0.1) is 5.92 Å². The van der Waals surface area contributed by atoms with Crippen LogP contribution in [0.4, 0.5) is 0 Å². The van der Waals surface area contributed by atoms with E-state index in [4.69, 9.17) is 5.11 Å². The molecule has 0 aliphatic rings. The SMILES string of the molecule is CCC(C)C(NC(=O)Cc1cccs1)C(=O)O. The number of thiophene rings is 1. The van der Waals surface area contributed by atoms with Crippen LogP contribution in [0.25, 0.3) is 0 Å². The predicted molar refractivity (Wildman–Crippen MR) is 67.0 cm³/mol. The third kappa shape index (κ3) is 4.19. The molecule has 1 heterocycles. The minimum Gasteiger partial charge on any atom is -0.480 e. The van der Waals surface area contributed by atoms with Gasteiger partial charge in [-0.15, -0.1) is 11.3 Å². The molecule has 0 saturated heterocycles. The molecule has 1 rings (SSSR count). The number of rotatable bonds is 6. The summed E-state index contributed by atoms with van der Waals surface area (Å²) in [5.41, 5.74) is 0. The zero-order valence-corrected chi connectivity index (χ0v) is 10.8. The summed E-state index contributed by atoms with van der Waals surface area (Å²) in [6, 6.07) is 2.94. The summed E-state index contributed by atoms with van der Waals surface area (Å²) in [7, 11) is 0.